The molecule has 0 rings (SSSR count). The van der Waals surface area contributed by atoms with Crippen molar-refractivity contribution in [3.8, 4) is 0 Å². The Morgan fingerprint density at radius 2 is 0.444 bits per heavy atom. The number of hydrogen-bond acceptors (Lipinski definition) is 0. The van der Waals surface area contributed by atoms with Gasteiger partial charge in [0.15, 0.2) is 0 Å². The summed E-state index contributed by atoms with van der Waals surface area (Å²) in [4.78, 5) is 0. The van der Waals surface area contributed by atoms with E-state index in [0.717, 1.165) is 0 Å². The van der Waals surface area contributed by atoms with E-state index in [9.17, 15) is 0 Å². The van der Waals surface area contributed by atoms with Crippen LogP contribution < -0.4 is 0 Å². The molecule has 0 aromatic heterocycles. The van der Waals surface area contributed by atoms with Crippen LogP contribution in [0.15, 0.2) is 0 Å². The second kappa shape index (κ2) is 55.4. The van der Waals surface area contributed by atoms with Gasteiger partial charge in [0.25, 0.3) is 0 Å². The van der Waals surface area contributed by atoms with Crippen molar-refractivity contribution in [2.24, 2.45) is 0 Å². The zero-order chi connectivity index (χ0) is 0. The van der Waals surface area contributed by atoms with E-state index in [0.29, 0.717) is 0 Å². The van der Waals surface area contributed by atoms with Gasteiger partial charge in [0.1, 0.15) is 0 Å². The SMILES string of the molecule is [Gd+3].[Gd+3].[La].[La].[S-2].[S-2].[S-2].[Y].[Y]. The van der Waals surface area contributed by atoms with E-state index in [4.69, 9.17) is 0 Å². The fraction of sp³-hybridized carbons (Fsp3) is 0. The van der Waals surface area contributed by atoms with Crippen molar-refractivity contribution in [2.45, 2.75) is 0 Å². The Balaban J connectivity index is 0. The molecule has 0 aromatic rings. The zero-order valence-corrected chi connectivity index (χ0v) is 24.2. The molecule has 0 amide bonds. The molecule has 46 valence electrons. The largest absolute Gasteiger partial charge is 3.00 e. The first-order valence-corrected chi connectivity index (χ1v) is 0. The molecule has 9 heteroatoms. The van der Waals surface area contributed by atoms with Crippen LogP contribution in [0, 0.1) is 151 Å². The Hall–Kier alpha value is 8.30. The quantitative estimate of drug-likeness (QED) is 0.322. The third kappa shape index (κ3) is 48.4. The van der Waals surface area contributed by atoms with Crippen molar-refractivity contribution in [2.75, 3.05) is 0 Å². The standard InChI is InChI=1S/2Gd.2La.3S.2Y/q2*+3;;;3*-2;;. The second-order valence-electron chi connectivity index (χ2n) is 0. The summed E-state index contributed by atoms with van der Waals surface area (Å²) in [5.74, 6) is 0. The molecule has 0 bridgehead atoms. The second-order valence-corrected chi connectivity index (χ2v) is 0. The van der Waals surface area contributed by atoms with Gasteiger partial charge in [-0.15, -0.1) is 0 Å². The van der Waals surface area contributed by atoms with Crippen molar-refractivity contribution in [1.82, 2.24) is 0 Å². The minimum absolute atomic E-state index is 0. The van der Waals surface area contributed by atoms with Crippen LogP contribution in [-0.4, -0.2) is 0 Å². The first-order valence-electron chi connectivity index (χ1n) is 0. The van der Waals surface area contributed by atoms with Crippen LogP contribution in [0.5, 0.6) is 0 Å². The normalized spacial score (nSPS) is 0. The van der Waals surface area contributed by atoms with Crippen molar-refractivity contribution in [3.63, 3.8) is 0 Å². The third-order valence-corrected chi connectivity index (χ3v) is 0. The van der Waals surface area contributed by atoms with E-state index in [1.165, 1.54) is 0 Å². The van der Waals surface area contributed by atoms with Gasteiger partial charge in [0.2, 0.25) is 0 Å². The van der Waals surface area contributed by atoms with Crippen LogP contribution in [0.1, 0.15) is 0 Å². The molecular formula is Gd2La2S3Y2. The average Bonchev–Trinajstić information content (AvgIpc) is 0. The topological polar surface area (TPSA) is 0 Å². The summed E-state index contributed by atoms with van der Waals surface area (Å²) < 4.78 is 0. The maximum atomic E-state index is 0. The van der Waals surface area contributed by atoms with Gasteiger partial charge in [-0.25, -0.2) is 0 Å². The Kier molecular flexibility index (Phi) is 411. The number of hydrogen-bond donors (Lipinski definition) is 0. The van der Waals surface area contributed by atoms with Crippen molar-refractivity contribution in [3.05, 3.63) is 0 Å². The molecule has 0 saturated heterocycles. The summed E-state index contributed by atoms with van der Waals surface area (Å²) in [6.07, 6.45) is 0. The Bertz CT molecular complexity index is 17.8. The van der Waals surface area contributed by atoms with Gasteiger partial charge in [-0.2, -0.15) is 0 Å². The average molecular weight is 866 g/mol. The first kappa shape index (κ1) is 66.7. The molecule has 0 aliphatic heterocycles. The summed E-state index contributed by atoms with van der Waals surface area (Å²) >= 11 is 0. The van der Waals surface area contributed by atoms with Crippen molar-refractivity contribution >= 4 is 40.5 Å². The number of rotatable bonds is 0. The molecule has 0 fully saturated rings. The fourth-order valence-corrected chi connectivity index (χ4v) is 0. The summed E-state index contributed by atoms with van der Waals surface area (Å²) in [5, 5.41) is 0. The maximum Gasteiger partial charge on any atom is 3.00 e. The van der Waals surface area contributed by atoms with E-state index in [1.807, 2.05) is 0 Å². The smallest absolute Gasteiger partial charge is 2.00 e. The molecular weight excluding hydrogens is 866 g/mol. The van der Waals surface area contributed by atoms with Gasteiger partial charge >= 0.3 is 79.9 Å². The monoisotopic (exact) mass is 867 g/mol. The van der Waals surface area contributed by atoms with Crippen LogP contribution in [0.2, 0.25) is 0 Å². The van der Waals surface area contributed by atoms with Crippen LogP contribution in [0.4, 0.5) is 0 Å². The van der Waals surface area contributed by atoms with E-state index in [-0.39, 0.29) is 257 Å². The van der Waals surface area contributed by atoms with Gasteiger partial charge in [0.05, 0.1) is 0 Å². The van der Waals surface area contributed by atoms with Gasteiger partial charge in [0, 0.05) is 137 Å². The van der Waals surface area contributed by atoms with E-state index in [1.54, 1.807) is 0 Å². The predicted octanol–water partition coefficient (Wildman–Crippen LogP) is -0.0122. The Morgan fingerprint density at radius 1 is 0.444 bits per heavy atom. The van der Waals surface area contributed by atoms with Crippen molar-refractivity contribution in [1.29, 1.82) is 0 Å². The molecule has 0 aliphatic carbocycles. The maximum absolute atomic E-state index is 0. The minimum Gasteiger partial charge on any atom is -2.00 e. The Morgan fingerprint density at radius 3 is 0.444 bits per heavy atom. The van der Waals surface area contributed by atoms with E-state index >= 15 is 0 Å². The van der Waals surface area contributed by atoms with Gasteiger partial charge < -0.3 is 40.5 Å². The molecule has 0 nitrogen and oxygen atoms in total. The van der Waals surface area contributed by atoms with Crippen LogP contribution in [-0.2, 0) is 106 Å². The van der Waals surface area contributed by atoms with Gasteiger partial charge in [-0.05, 0) is 0 Å². The molecule has 0 aliphatic rings. The molecule has 6 radical (unpaired) electrons. The van der Waals surface area contributed by atoms with Crippen LogP contribution in [0.25, 0.3) is 0 Å². The molecule has 0 atom stereocenters. The molecule has 0 heterocycles. The molecule has 0 N–H and O–H groups in total. The Labute approximate surface area is 248 Å². The van der Waals surface area contributed by atoms with E-state index < -0.39 is 0 Å². The summed E-state index contributed by atoms with van der Waals surface area (Å²) in [7, 11) is 0. The van der Waals surface area contributed by atoms with Crippen LogP contribution >= 0.6 is 0 Å². The molecule has 0 unspecified atom stereocenters. The molecule has 0 saturated carbocycles. The third-order valence-electron chi connectivity index (χ3n) is 0. The van der Waals surface area contributed by atoms with Crippen molar-refractivity contribution < 1.29 is 216 Å². The van der Waals surface area contributed by atoms with E-state index in [2.05, 4.69) is 0 Å². The zero-order valence-electron chi connectivity index (χ0n) is 4.24. The summed E-state index contributed by atoms with van der Waals surface area (Å²) in [6.45, 7) is 0. The minimum atomic E-state index is 0. The predicted molar refractivity (Wildman–Crippen MR) is 22.1 cm³/mol. The summed E-state index contributed by atoms with van der Waals surface area (Å²) in [6, 6.07) is 0. The fourth-order valence-electron chi connectivity index (χ4n) is 0. The molecule has 0 aromatic carbocycles. The summed E-state index contributed by atoms with van der Waals surface area (Å²) in [5.41, 5.74) is 0. The van der Waals surface area contributed by atoms with Gasteiger partial charge in [-0.3, -0.25) is 0 Å². The molecule has 9 heavy (non-hydrogen) atoms. The van der Waals surface area contributed by atoms with Gasteiger partial charge in [-0.1, -0.05) is 0 Å². The first-order chi connectivity index (χ1) is 0. The van der Waals surface area contributed by atoms with Crippen LogP contribution in [0.3, 0.4) is 0 Å². The molecule has 0 spiro atoms.